The average molecular weight is 425 g/mol. The first-order valence-corrected chi connectivity index (χ1v) is 10.7. The van der Waals surface area contributed by atoms with Crippen LogP contribution in [0.2, 0.25) is 0 Å². The number of aryl methyl sites for hydroxylation is 1. The summed E-state index contributed by atoms with van der Waals surface area (Å²) in [6, 6.07) is 21.6. The Morgan fingerprint density at radius 3 is 2.41 bits per heavy atom. The van der Waals surface area contributed by atoms with Gasteiger partial charge in [-0.1, -0.05) is 36.4 Å². The Kier molecular flexibility index (Phi) is 5.37. The maximum absolute atomic E-state index is 13.1. The third kappa shape index (κ3) is 4.23. The number of nitrogens with zero attached hydrogens (tertiary/aromatic N) is 5. The van der Waals surface area contributed by atoms with Crippen molar-refractivity contribution in [3.63, 3.8) is 0 Å². The Bertz CT molecular complexity index is 1250. The first-order chi connectivity index (χ1) is 15.7. The summed E-state index contributed by atoms with van der Waals surface area (Å²) in [6.07, 6.45) is 1.74. The molecular weight excluding hydrogens is 400 g/mol. The Balaban J connectivity index is 1.27. The maximum atomic E-state index is 13.1. The molecule has 1 amide bonds. The quantitative estimate of drug-likeness (QED) is 0.533. The molecule has 1 aliphatic heterocycles. The number of carbonyl (C=O) groups is 1. The second kappa shape index (κ2) is 8.63. The van der Waals surface area contributed by atoms with Crippen molar-refractivity contribution in [2.24, 2.45) is 0 Å². The lowest BCUT2D eigenvalue weighted by molar-refractivity contribution is 0.0746. The lowest BCUT2D eigenvalue weighted by Gasteiger charge is -2.35. The van der Waals surface area contributed by atoms with E-state index in [4.69, 9.17) is 0 Å². The molecule has 1 saturated heterocycles. The molecule has 1 aliphatic rings. The monoisotopic (exact) mass is 424 g/mol. The van der Waals surface area contributed by atoms with Crippen molar-refractivity contribution in [2.75, 3.05) is 36.4 Å². The number of hydrogen-bond acceptors (Lipinski definition) is 6. The van der Waals surface area contributed by atoms with Gasteiger partial charge in [-0.25, -0.2) is 15.0 Å². The second-order valence-electron chi connectivity index (χ2n) is 7.84. The predicted octanol–water partition coefficient (Wildman–Crippen LogP) is 4.04. The fourth-order valence-corrected chi connectivity index (χ4v) is 3.99. The summed E-state index contributed by atoms with van der Waals surface area (Å²) in [5.74, 6) is 3.07. The average Bonchev–Trinajstić information content (AvgIpc) is 2.84. The largest absolute Gasteiger partial charge is 0.353 e. The third-order valence-corrected chi connectivity index (χ3v) is 5.63. The zero-order valence-corrected chi connectivity index (χ0v) is 17.9. The van der Waals surface area contributed by atoms with Crippen LogP contribution in [0.3, 0.4) is 0 Å². The van der Waals surface area contributed by atoms with Gasteiger partial charge in [0.25, 0.3) is 5.91 Å². The number of fused-ring (bicyclic) bond motifs is 1. The summed E-state index contributed by atoms with van der Waals surface area (Å²) in [4.78, 5) is 30.6. The summed E-state index contributed by atoms with van der Waals surface area (Å²) >= 11 is 0. The highest BCUT2D eigenvalue weighted by atomic mass is 16.2. The van der Waals surface area contributed by atoms with E-state index in [1.54, 1.807) is 6.20 Å². The highest BCUT2D eigenvalue weighted by Crippen LogP contribution is 2.22. The van der Waals surface area contributed by atoms with E-state index >= 15 is 0 Å². The first kappa shape index (κ1) is 19.9. The van der Waals surface area contributed by atoms with E-state index in [0.29, 0.717) is 24.7 Å². The van der Waals surface area contributed by atoms with Crippen molar-refractivity contribution in [3.05, 3.63) is 84.3 Å². The van der Waals surface area contributed by atoms with Crippen molar-refractivity contribution in [1.29, 1.82) is 0 Å². The van der Waals surface area contributed by atoms with Crippen LogP contribution >= 0.6 is 0 Å². The number of aromatic nitrogens is 3. The molecule has 0 aliphatic carbocycles. The smallest absolute Gasteiger partial charge is 0.253 e. The van der Waals surface area contributed by atoms with Crippen LogP contribution in [0, 0.1) is 6.92 Å². The minimum atomic E-state index is 0.0757. The molecule has 7 heteroatoms. The molecule has 0 unspecified atom stereocenters. The first-order valence-electron chi connectivity index (χ1n) is 10.7. The molecule has 0 atom stereocenters. The molecule has 1 fully saturated rings. The number of nitrogens with one attached hydrogen (secondary N) is 1. The fourth-order valence-electron chi connectivity index (χ4n) is 3.99. The van der Waals surface area contributed by atoms with Crippen LogP contribution in [0.4, 0.5) is 17.5 Å². The number of anilines is 3. The van der Waals surface area contributed by atoms with Crippen molar-refractivity contribution < 1.29 is 4.79 Å². The molecule has 5 rings (SSSR count). The van der Waals surface area contributed by atoms with E-state index < -0.39 is 0 Å². The normalized spacial score (nSPS) is 13.9. The lowest BCUT2D eigenvalue weighted by atomic mass is 10.1. The topological polar surface area (TPSA) is 74.2 Å². The van der Waals surface area contributed by atoms with Crippen LogP contribution in [0.5, 0.6) is 0 Å². The van der Waals surface area contributed by atoms with Crippen LogP contribution < -0.4 is 10.2 Å². The van der Waals surface area contributed by atoms with Crippen LogP contribution in [0.15, 0.2) is 72.9 Å². The van der Waals surface area contributed by atoms with Gasteiger partial charge in [-0.05, 0) is 42.0 Å². The zero-order chi connectivity index (χ0) is 21.9. The van der Waals surface area contributed by atoms with Gasteiger partial charge in [-0.15, -0.1) is 0 Å². The molecule has 0 saturated carbocycles. The SMILES string of the molecule is Cc1nc(Nc2ccccn2)cc(N2CCN(C(=O)c3ccc4ccccc4c3)CC2)n1. The molecule has 0 radical (unpaired) electrons. The van der Waals surface area contributed by atoms with E-state index in [0.717, 1.165) is 41.1 Å². The van der Waals surface area contributed by atoms with Crippen LogP contribution in [0.1, 0.15) is 16.2 Å². The van der Waals surface area contributed by atoms with Gasteiger partial charge in [0, 0.05) is 44.0 Å². The molecule has 3 heterocycles. The number of pyridine rings is 1. The van der Waals surface area contributed by atoms with Crippen molar-refractivity contribution >= 4 is 34.1 Å². The minimum absolute atomic E-state index is 0.0757. The van der Waals surface area contributed by atoms with Crippen molar-refractivity contribution in [3.8, 4) is 0 Å². The Morgan fingerprint density at radius 1 is 0.844 bits per heavy atom. The molecule has 7 nitrogen and oxygen atoms in total. The molecule has 2 aromatic heterocycles. The summed E-state index contributed by atoms with van der Waals surface area (Å²) in [7, 11) is 0. The lowest BCUT2D eigenvalue weighted by Crippen LogP contribution is -2.49. The van der Waals surface area contributed by atoms with Gasteiger partial charge >= 0.3 is 0 Å². The van der Waals surface area contributed by atoms with Crippen molar-refractivity contribution in [1.82, 2.24) is 19.9 Å². The maximum Gasteiger partial charge on any atom is 0.253 e. The highest BCUT2D eigenvalue weighted by molar-refractivity contribution is 5.98. The number of piperazine rings is 1. The fraction of sp³-hybridized carbons (Fsp3) is 0.200. The molecule has 32 heavy (non-hydrogen) atoms. The Morgan fingerprint density at radius 2 is 1.62 bits per heavy atom. The van der Waals surface area contributed by atoms with Crippen LogP contribution in [0.25, 0.3) is 10.8 Å². The van der Waals surface area contributed by atoms with Gasteiger partial charge in [0.1, 0.15) is 23.3 Å². The Hall–Kier alpha value is -4.00. The summed E-state index contributed by atoms with van der Waals surface area (Å²) in [6.45, 7) is 4.62. The van der Waals surface area contributed by atoms with Crippen molar-refractivity contribution in [2.45, 2.75) is 6.92 Å². The number of hydrogen-bond donors (Lipinski definition) is 1. The molecule has 4 aromatic rings. The molecule has 2 aromatic carbocycles. The number of amides is 1. The standard InChI is InChI=1S/C25H24N6O/c1-18-27-23(29-22-8-4-5-11-26-22)17-24(28-18)30-12-14-31(15-13-30)25(32)21-10-9-19-6-2-3-7-20(19)16-21/h2-11,16-17H,12-15H2,1H3,(H,26,27,28,29). The van der Waals surface area contributed by atoms with Gasteiger partial charge in [-0.3, -0.25) is 4.79 Å². The van der Waals surface area contributed by atoms with Gasteiger partial charge in [-0.2, -0.15) is 0 Å². The van der Waals surface area contributed by atoms with Gasteiger partial charge < -0.3 is 15.1 Å². The van der Waals surface area contributed by atoms with E-state index in [1.165, 1.54) is 0 Å². The highest BCUT2D eigenvalue weighted by Gasteiger charge is 2.23. The van der Waals surface area contributed by atoms with E-state index in [2.05, 4.69) is 31.2 Å². The summed E-state index contributed by atoms with van der Waals surface area (Å²) < 4.78 is 0. The number of rotatable bonds is 4. The summed E-state index contributed by atoms with van der Waals surface area (Å²) in [5, 5.41) is 5.46. The number of carbonyl (C=O) groups excluding carboxylic acids is 1. The second-order valence-corrected chi connectivity index (χ2v) is 7.84. The number of benzene rings is 2. The molecule has 1 N–H and O–H groups in total. The van der Waals surface area contributed by atoms with E-state index in [9.17, 15) is 4.79 Å². The van der Waals surface area contributed by atoms with Gasteiger partial charge in [0.2, 0.25) is 0 Å². The molecule has 0 bridgehead atoms. The van der Waals surface area contributed by atoms with Gasteiger partial charge in [0.15, 0.2) is 0 Å². The zero-order valence-electron chi connectivity index (χ0n) is 17.9. The van der Waals surface area contributed by atoms with Crippen LogP contribution in [-0.4, -0.2) is 51.9 Å². The van der Waals surface area contributed by atoms with E-state index in [-0.39, 0.29) is 5.91 Å². The van der Waals surface area contributed by atoms with E-state index in [1.807, 2.05) is 72.5 Å². The molecular formula is C25H24N6O. The third-order valence-electron chi connectivity index (χ3n) is 5.63. The predicted molar refractivity (Wildman–Crippen MR) is 126 cm³/mol. The summed E-state index contributed by atoms with van der Waals surface area (Å²) in [5.41, 5.74) is 0.733. The minimum Gasteiger partial charge on any atom is -0.353 e. The molecule has 0 spiro atoms. The Labute approximate surface area is 186 Å². The van der Waals surface area contributed by atoms with Gasteiger partial charge in [0.05, 0.1) is 0 Å². The van der Waals surface area contributed by atoms with Crippen LogP contribution in [-0.2, 0) is 0 Å². The molecule has 160 valence electrons.